The van der Waals surface area contributed by atoms with Crippen molar-refractivity contribution in [3.05, 3.63) is 24.2 Å². The molecule has 6 nitrogen and oxygen atoms in total. The molecular weight excluding hydrogens is 280 g/mol. The highest BCUT2D eigenvalue weighted by Gasteiger charge is 2.59. The Morgan fingerprint density at radius 1 is 1.55 bits per heavy atom. The predicted octanol–water partition coefficient (Wildman–Crippen LogP) is 0.0131. The number of ether oxygens (including phenoxy) is 1. The lowest BCUT2D eigenvalue weighted by Crippen LogP contribution is -2.65. The highest BCUT2D eigenvalue weighted by atomic mass is 32.1. The molecule has 0 unspecified atom stereocenters. The van der Waals surface area contributed by atoms with Gasteiger partial charge in [-0.3, -0.25) is 4.79 Å². The second-order valence-corrected chi connectivity index (χ2v) is 5.87. The third kappa shape index (κ3) is 1.59. The summed E-state index contributed by atoms with van der Waals surface area (Å²) < 4.78 is 10.6. The summed E-state index contributed by atoms with van der Waals surface area (Å²) in [6.07, 6.45) is 0.920. The van der Waals surface area contributed by atoms with Gasteiger partial charge in [-0.15, -0.1) is 0 Å². The number of rotatable bonds is 2. The SMILES string of the molecule is O=C1O[C@@H]2[C@@H]3NC(=S)N(Cc4ccco4)[C@@H]3[C@H]1C[C@H]2O. The molecule has 1 saturated carbocycles. The van der Waals surface area contributed by atoms with E-state index in [0.29, 0.717) is 18.1 Å². The third-order valence-corrected chi connectivity index (χ3v) is 4.73. The number of carbonyl (C=O) groups is 1. The molecule has 7 heteroatoms. The van der Waals surface area contributed by atoms with Gasteiger partial charge in [0, 0.05) is 0 Å². The van der Waals surface area contributed by atoms with Crippen molar-refractivity contribution < 1.29 is 19.1 Å². The highest BCUT2D eigenvalue weighted by Crippen LogP contribution is 2.40. The Kier molecular flexibility index (Phi) is 2.55. The zero-order valence-electron chi connectivity index (χ0n) is 10.6. The second-order valence-electron chi connectivity index (χ2n) is 5.48. The fourth-order valence-corrected chi connectivity index (χ4v) is 3.84. The van der Waals surface area contributed by atoms with E-state index in [9.17, 15) is 9.90 Å². The Balaban J connectivity index is 1.65. The molecule has 1 aromatic rings. The molecule has 20 heavy (non-hydrogen) atoms. The van der Waals surface area contributed by atoms with Gasteiger partial charge < -0.3 is 24.5 Å². The number of aliphatic hydroxyl groups excluding tert-OH is 1. The van der Waals surface area contributed by atoms with Crippen LogP contribution in [0.1, 0.15) is 12.2 Å². The molecule has 1 aromatic heterocycles. The summed E-state index contributed by atoms with van der Waals surface area (Å²) in [6.45, 7) is 0.520. The van der Waals surface area contributed by atoms with E-state index in [0.717, 1.165) is 5.76 Å². The van der Waals surface area contributed by atoms with E-state index in [1.165, 1.54) is 0 Å². The largest absolute Gasteiger partial charge is 0.467 e. The van der Waals surface area contributed by atoms with E-state index >= 15 is 0 Å². The van der Waals surface area contributed by atoms with Gasteiger partial charge in [0.25, 0.3) is 0 Å². The molecule has 4 aliphatic rings. The molecule has 0 spiro atoms. The Morgan fingerprint density at radius 2 is 2.40 bits per heavy atom. The minimum atomic E-state index is -0.613. The fourth-order valence-electron chi connectivity index (χ4n) is 3.51. The number of hydrogen-bond donors (Lipinski definition) is 2. The first-order valence-electron chi connectivity index (χ1n) is 6.63. The summed E-state index contributed by atoms with van der Waals surface area (Å²) in [5.41, 5.74) is 0. The smallest absolute Gasteiger partial charge is 0.311 e. The van der Waals surface area contributed by atoms with Gasteiger partial charge in [0.05, 0.1) is 36.9 Å². The second kappa shape index (κ2) is 4.20. The van der Waals surface area contributed by atoms with Gasteiger partial charge >= 0.3 is 5.97 Å². The minimum absolute atomic E-state index is 0.0674. The van der Waals surface area contributed by atoms with E-state index < -0.39 is 12.2 Å². The highest BCUT2D eigenvalue weighted by molar-refractivity contribution is 7.80. The van der Waals surface area contributed by atoms with E-state index in [4.69, 9.17) is 21.4 Å². The molecule has 0 radical (unpaired) electrons. The van der Waals surface area contributed by atoms with Crippen LogP contribution >= 0.6 is 12.2 Å². The molecule has 0 amide bonds. The van der Waals surface area contributed by atoms with Crippen molar-refractivity contribution in [2.75, 3.05) is 0 Å². The van der Waals surface area contributed by atoms with Gasteiger partial charge in [-0.25, -0.2) is 0 Å². The van der Waals surface area contributed by atoms with Crippen LogP contribution in [-0.4, -0.2) is 45.4 Å². The number of thiocarbonyl (C=S) groups is 1. The summed E-state index contributed by atoms with van der Waals surface area (Å²) in [5, 5.41) is 13.8. The van der Waals surface area contributed by atoms with Crippen LogP contribution in [0.2, 0.25) is 0 Å². The number of nitrogens with zero attached hydrogens (tertiary/aromatic N) is 1. The molecule has 1 aliphatic carbocycles. The third-order valence-electron chi connectivity index (χ3n) is 4.38. The number of carbonyl (C=O) groups excluding carboxylic acids is 1. The maximum absolute atomic E-state index is 11.9. The maximum Gasteiger partial charge on any atom is 0.311 e. The molecule has 3 saturated heterocycles. The number of fused-ring (bicyclic) bond motifs is 2. The van der Waals surface area contributed by atoms with E-state index in [-0.39, 0.29) is 24.0 Å². The molecule has 106 valence electrons. The van der Waals surface area contributed by atoms with Gasteiger partial charge in [-0.05, 0) is 30.8 Å². The molecule has 4 heterocycles. The van der Waals surface area contributed by atoms with Crippen molar-refractivity contribution in [2.45, 2.75) is 37.3 Å². The summed E-state index contributed by atoms with van der Waals surface area (Å²) in [6, 6.07) is 3.50. The Morgan fingerprint density at radius 3 is 3.15 bits per heavy atom. The summed E-state index contributed by atoms with van der Waals surface area (Å²) in [4.78, 5) is 13.9. The first-order valence-corrected chi connectivity index (χ1v) is 7.04. The lowest BCUT2D eigenvalue weighted by molar-refractivity contribution is -0.193. The molecule has 2 bridgehead atoms. The molecule has 5 rings (SSSR count). The number of furan rings is 1. The van der Waals surface area contributed by atoms with Crippen LogP contribution in [0.5, 0.6) is 0 Å². The fraction of sp³-hybridized carbons (Fsp3) is 0.538. The van der Waals surface area contributed by atoms with Crippen molar-refractivity contribution in [1.82, 2.24) is 10.2 Å². The zero-order chi connectivity index (χ0) is 13.9. The van der Waals surface area contributed by atoms with Gasteiger partial charge in [-0.1, -0.05) is 0 Å². The van der Waals surface area contributed by atoms with Gasteiger partial charge in [0.1, 0.15) is 11.9 Å². The van der Waals surface area contributed by atoms with E-state index in [1.54, 1.807) is 6.26 Å². The van der Waals surface area contributed by atoms with Crippen molar-refractivity contribution in [3.8, 4) is 0 Å². The average Bonchev–Trinajstić information content (AvgIpc) is 3.02. The molecule has 2 N–H and O–H groups in total. The van der Waals surface area contributed by atoms with Gasteiger partial charge in [0.15, 0.2) is 5.11 Å². The summed E-state index contributed by atoms with van der Waals surface area (Å²) in [7, 11) is 0. The van der Waals surface area contributed by atoms with E-state index in [2.05, 4.69) is 5.32 Å². The van der Waals surface area contributed by atoms with Crippen molar-refractivity contribution >= 4 is 23.3 Å². The van der Waals surface area contributed by atoms with Crippen molar-refractivity contribution in [1.29, 1.82) is 0 Å². The van der Waals surface area contributed by atoms with Crippen LogP contribution in [0.25, 0.3) is 0 Å². The van der Waals surface area contributed by atoms with Crippen molar-refractivity contribution in [2.24, 2.45) is 5.92 Å². The molecule has 5 atom stereocenters. The lowest BCUT2D eigenvalue weighted by atomic mass is 9.75. The number of hydrogen-bond acceptors (Lipinski definition) is 5. The lowest BCUT2D eigenvalue weighted by Gasteiger charge is -2.47. The first-order chi connectivity index (χ1) is 9.65. The molecule has 3 aliphatic heterocycles. The monoisotopic (exact) mass is 294 g/mol. The Bertz CT molecular complexity index is 561. The minimum Gasteiger partial charge on any atom is -0.467 e. The zero-order valence-corrected chi connectivity index (χ0v) is 11.4. The maximum atomic E-state index is 11.9. The van der Waals surface area contributed by atoms with Crippen LogP contribution in [0.15, 0.2) is 22.8 Å². The Labute approximate surface area is 120 Å². The van der Waals surface area contributed by atoms with Gasteiger partial charge in [0.2, 0.25) is 0 Å². The van der Waals surface area contributed by atoms with Crippen LogP contribution in [0.4, 0.5) is 0 Å². The molecular formula is C13H14N2O4S. The molecule has 4 fully saturated rings. The van der Waals surface area contributed by atoms with E-state index in [1.807, 2.05) is 17.0 Å². The Hall–Kier alpha value is -1.60. The van der Waals surface area contributed by atoms with Crippen LogP contribution < -0.4 is 5.32 Å². The first kappa shape index (κ1) is 12.2. The topological polar surface area (TPSA) is 74.9 Å². The van der Waals surface area contributed by atoms with Crippen LogP contribution in [0.3, 0.4) is 0 Å². The number of nitrogens with one attached hydrogen (secondary N) is 1. The summed E-state index contributed by atoms with van der Waals surface area (Å²) >= 11 is 5.36. The standard InChI is InChI=1S/C13H14N2O4S/c16-8-4-7-10-9(11(8)19-12(7)17)14-13(20)15(10)5-6-2-1-3-18-6/h1-3,7-11,16H,4-5H2,(H,14,20)/t7-,8-,9-,10-,11+/m1/s1. The van der Waals surface area contributed by atoms with Gasteiger partial charge in [-0.2, -0.15) is 0 Å². The normalized spacial score (nSPS) is 38.6. The summed E-state index contributed by atoms with van der Waals surface area (Å²) in [5.74, 6) is 0.213. The number of esters is 1. The molecule has 0 aromatic carbocycles. The van der Waals surface area contributed by atoms with Crippen molar-refractivity contribution in [3.63, 3.8) is 0 Å². The predicted molar refractivity (Wildman–Crippen MR) is 71.6 cm³/mol. The average molecular weight is 294 g/mol. The quantitative estimate of drug-likeness (QED) is 0.588. The number of aliphatic hydroxyl groups is 1. The van der Waals surface area contributed by atoms with Crippen LogP contribution in [-0.2, 0) is 16.1 Å². The van der Waals surface area contributed by atoms with Crippen LogP contribution in [0, 0.1) is 5.92 Å².